The number of nitrogens with zero attached hydrogens (tertiary/aromatic N) is 3. The Labute approximate surface area is 106 Å². The van der Waals surface area contributed by atoms with E-state index in [1.807, 2.05) is 6.92 Å². The van der Waals surface area contributed by atoms with Crippen molar-refractivity contribution in [3.8, 4) is 0 Å². The molecule has 0 saturated carbocycles. The molecule has 0 aliphatic heterocycles. The van der Waals surface area contributed by atoms with Crippen molar-refractivity contribution in [1.29, 1.82) is 0 Å². The van der Waals surface area contributed by atoms with Crippen LogP contribution in [0.3, 0.4) is 0 Å². The molecule has 0 spiro atoms. The number of nitro benzene ring substituents is 1. The Morgan fingerprint density at radius 1 is 1.39 bits per heavy atom. The summed E-state index contributed by atoms with van der Waals surface area (Å²) in [6.07, 6.45) is 0. The van der Waals surface area contributed by atoms with Gasteiger partial charge in [0.15, 0.2) is 0 Å². The molecule has 0 radical (unpaired) electrons. The van der Waals surface area contributed by atoms with Gasteiger partial charge in [-0.1, -0.05) is 12.1 Å². The van der Waals surface area contributed by atoms with E-state index < -0.39 is 4.92 Å². The van der Waals surface area contributed by atoms with E-state index in [2.05, 4.69) is 0 Å². The topological polar surface area (TPSA) is 66.7 Å². The highest BCUT2D eigenvalue weighted by atomic mass is 16.6. The van der Waals surface area contributed by atoms with Crippen molar-refractivity contribution in [2.24, 2.45) is 0 Å². The highest BCUT2D eigenvalue weighted by molar-refractivity contribution is 5.73. The first-order chi connectivity index (χ1) is 8.45. The van der Waals surface area contributed by atoms with Crippen molar-refractivity contribution in [3.05, 3.63) is 39.9 Å². The molecule has 0 atom stereocenters. The Hall–Kier alpha value is -2.11. The quantitative estimate of drug-likeness (QED) is 0.608. The summed E-state index contributed by atoms with van der Waals surface area (Å²) < 4.78 is 0. The molecule has 0 aliphatic carbocycles. The van der Waals surface area contributed by atoms with Gasteiger partial charge in [0.2, 0.25) is 0 Å². The lowest BCUT2D eigenvalue weighted by Crippen LogP contribution is -2.38. The summed E-state index contributed by atoms with van der Waals surface area (Å²) in [6, 6.07) is 6.23. The van der Waals surface area contributed by atoms with Gasteiger partial charge in [0, 0.05) is 39.3 Å². The van der Waals surface area contributed by atoms with Crippen LogP contribution >= 0.6 is 0 Å². The van der Waals surface area contributed by atoms with Crippen LogP contribution in [0.2, 0.25) is 0 Å². The lowest BCUT2D eigenvalue weighted by Gasteiger charge is -2.24. The van der Waals surface area contributed by atoms with Crippen LogP contribution in [-0.2, 0) is 6.54 Å². The molecule has 6 nitrogen and oxygen atoms in total. The highest BCUT2D eigenvalue weighted by Crippen LogP contribution is 2.15. The molecule has 98 valence electrons. The van der Waals surface area contributed by atoms with Crippen molar-refractivity contribution in [3.63, 3.8) is 0 Å². The molecule has 18 heavy (non-hydrogen) atoms. The van der Waals surface area contributed by atoms with Crippen molar-refractivity contribution < 1.29 is 9.72 Å². The van der Waals surface area contributed by atoms with Gasteiger partial charge in [-0.2, -0.15) is 0 Å². The van der Waals surface area contributed by atoms with Crippen molar-refractivity contribution >= 4 is 11.7 Å². The van der Waals surface area contributed by atoms with E-state index in [0.29, 0.717) is 13.1 Å². The third-order valence-electron chi connectivity index (χ3n) is 2.53. The summed E-state index contributed by atoms with van der Waals surface area (Å²) in [5.74, 6) is 0. The van der Waals surface area contributed by atoms with E-state index >= 15 is 0 Å². The van der Waals surface area contributed by atoms with Gasteiger partial charge in [-0.05, 0) is 12.5 Å². The molecule has 1 rings (SSSR count). The van der Waals surface area contributed by atoms with Gasteiger partial charge in [-0.3, -0.25) is 10.1 Å². The number of hydrogen-bond acceptors (Lipinski definition) is 3. The third kappa shape index (κ3) is 3.44. The predicted molar refractivity (Wildman–Crippen MR) is 68.3 cm³/mol. The minimum Gasteiger partial charge on any atom is -0.331 e. The van der Waals surface area contributed by atoms with Crippen molar-refractivity contribution in [2.75, 3.05) is 20.6 Å². The Morgan fingerprint density at radius 3 is 2.56 bits per heavy atom. The van der Waals surface area contributed by atoms with Crippen LogP contribution in [0.5, 0.6) is 0 Å². The van der Waals surface area contributed by atoms with Crippen molar-refractivity contribution in [2.45, 2.75) is 13.5 Å². The SMILES string of the molecule is CCN(Cc1cccc([N+](=O)[O-])c1)C(=O)N(C)C. The minimum absolute atomic E-state index is 0.0425. The number of carbonyl (C=O) groups excluding carboxylic acids is 1. The predicted octanol–water partition coefficient (Wildman–Crippen LogP) is 2.10. The summed E-state index contributed by atoms with van der Waals surface area (Å²) in [6.45, 7) is 2.80. The zero-order valence-corrected chi connectivity index (χ0v) is 10.8. The van der Waals surface area contributed by atoms with Crippen LogP contribution < -0.4 is 0 Å². The van der Waals surface area contributed by atoms with Crippen molar-refractivity contribution in [1.82, 2.24) is 9.80 Å². The fraction of sp³-hybridized carbons (Fsp3) is 0.417. The zero-order valence-electron chi connectivity index (χ0n) is 10.8. The number of urea groups is 1. The average molecular weight is 251 g/mol. The number of rotatable bonds is 4. The maximum absolute atomic E-state index is 11.8. The molecular weight excluding hydrogens is 234 g/mol. The van der Waals surface area contributed by atoms with Crippen LogP contribution in [0.25, 0.3) is 0 Å². The zero-order chi connectivity index (χ0) is 13.7. The number of nitro groups is 1. The Morgan fingerprint density at radius 2 is 2.06 bits per heavy atom. The van der Waals surface area contributed by atoms with Gasteiger partial charge in [0.25, 0.3) is 5.69 Å². The first kappa shape index (κ1) is 14.0. The monoisotopic (exact) mass is 251 g/mol. The lowest BCUT2D eigenvalue weighted by atomic mass is 10.2. The lowest BCUT2D eigenvalue weighted by molar-refractivity contribution is -0.384. The fourth-order valence-electron chi connectivity index (χ4n) is 1.59. The summed E-state index contributed by atoms with van der Waals surface area (Å²) in [5, 5.41) is 10.7. The number of hydrogen-bond donors (Lipinski definition) is 0. The van der Waals surface area contributed by atoms with Gasteiger partial charge in [0.05, 0.1) is 4.92 Å². The van der Waals surface area contributed by atoms with Crippen LogP contribution in [0, 0.1) is 10.1 Å². The maximum atomic E-state index is 11.8. The molecule has 0 heterocycles. The number of benzene rings is 1. The van der Waals surface area contributed by atoms with Crippen LogP contribution in [0.15, 0.2) is 24.3 Å². The van der Waals surface area contributed by atoms with Gasteiger partial charge in [-0.15, -0.1) is 0 Å². The Kier molecular flexibility index (Phi) is 4.65. The van der Waals surface area contributed by atoms with E-state index in [9.17, 15) is 14.9 Å². The first-order valence-electron chi connectivity index (χ1n) is 5.65. The number of carbonyl (C=O) groups is 1. The average Bonchev–Trinajstić information content (AvgIpc) is 2.35. The van der Waals surface area contributed by atoms with E-state index in [1.54, 1.807) is 31.1 Å². The van der Waals surface area contributed by atoms with Gasteiger partial charge in [0.1, 0.15) is 0 Å². The van der Waals surface area contributed by atoms with Gasteiger partial charge in [-0.25, -0.2) is 4.79 Å². The van der Waals surface area contributed by atoms with Gasteiger partial charge >= 0.3 is 6.03 Å². The summed E-state index contributed by atoms with van der Waals surface area (Å²) in [7, 11) is 3.36. The van der Waals surface area contributed by atoms with E-state index in [1.165, 1.54) is 17.0 Å². The standard InChI is InChI=1S/C12H17N3O3/c1-4-14(12(16)13(2)3)9-10-6-5-7-11(8-10)15(17)18/h5-8H,4,9H2,1-3H3. The fourth-order valence-corrected chi connectivity index (χ4v) is 1.59. The Balaban J connectivity index is 2.85. The van der Waals surface area contributed by atoms with E-state index in [-0.39, 0.29) is 11.7 Å². The van der Waals surface area contributed by atoms with Gasteiger partial charge < -0.3 is 9.80 Å². The summed E-state index contributed by atoms with van der Waals surface area (Å²) in [5.41, 5.74) is 0.794. The van der Waals surface area contributed by atoms with Crippen LogP contribution in [0.1, 0.15) is 12.5 Å². The third-order valence-corrected chi connectivity index (χ3v) is 2.53. The maximum Gasteiger partial charge on any atom is 0.319 e. The van der Waals surface area contributed by atoms with E-state index in [4.69, 9.17) is 0 Å². The molecule has 1 aromatic rings. The second-order valence-electron chi connectivity index (χ2n) is 4.12. The highest BCUT2D eigenvalue weighted by Gasteiger charge is 2.15. The second kappa shape index (κ2) is 6.00. The minimum atomic E-state index is -0.437. The Bertz CT molecular complexity index is 446. The van der Waals surface area contributed by atoms with Crippen LogP contribution in [-0.4, -0.2) is 41.4 Å². The number of amides is 2. The summed E-state index contributed by atoms with van der Waals surface area (Å²) >= 11 is 0. The smallest absolute Gasteiger partial charge is 0.319 e. The molecule has 1 aromatic carbocycles. The molecule has 0 unspecified atom stereocenters. The molecule has 6 heteroatoms. The molecule has 2 amide bonds. The molecule has 0 N–H and O–H groups in total. The largest absolute Gasteiger partial charge is 0.331 e. The number of non-ortho nitro benzene ring substituents is 1. The molecule has 0 aromatic heterocycles. The van der Waals surface area contributed by atoms with Crippen LogP contribution in [0.4, 0.5) is 10.5 Å². The molecule has 0 fully saturated rings. The summed E-state index contributed by atoms with van der Waals surface area (Å²) in [4.78, 5) is 25.2. The molecular formula is C12H17N3O3. The molecule has 0 bridgehead atoms. The molecule has 0 aliphatic rings. The second-order valence-corrected chi connectivity index (χ2v) is 4.12. The van der Waals surface area contributed by atoms with E-state index in [0.717, 1.165) is 5.56 Å². The normalized spacial score (nSPS) is 9.94. The molecule has 0 saturated heterocycles. The first-order valence-corrected chi connectivity index (χ1v) is 5.65.